The van der Waals surface area contributed by atoms with Gasteiger partial charge in [0.2, 0.25) is 0 Å². The van der Waals surface area contributed by atoms with E-state index in [1.54, 1.807) is 11.3 Å². The van der Waals surface area contributed by atoms with Crippen LogP contribution in [0.15, 0.2) is 11.4 Å². The SMILES string of the molecule is N#Cc1csc(CNC2CC3CCC2C3)c1. The molecule has 2 saturated carbocycles. The second-order valence-electron chi connectivity index (χ2n) is 5.08. The van der Waals surface area contributed by atoms with Crippen LogP contribution >= 0.6 is 11.3 Å². The van der Waals surface area contributed by atoms with Gasteiger partial charge in [0, 0.05) is 22.8 Å². The monoisotopic (exact) mass is 232 g/mol. The molecule has 1 aromatic rings. The van der Waals surface area contributed by atoms with Gasteiger partial charge in [-0.05, 0) is 37.2 Å². The molecule has 0 radical (unpaired) electrons. The van der Waals surface area contributed by atoms with E-state index in [0.717, 1.165) is 30.0 Å². The van der Waals surface area contributed by atoms with E-state index in [1.165, 1.54) is 30.6 Å². The topological polar surface area (TPSA) is 35.8 Å². The van der Waals surface area contributed by atoms with Crippen molar-refractivity contribution in [3.8, 4) is 6.07 Å². The van der Waals surface area contributed by atoms with Gasteiger partial charge in [0.15, 0.2) is 0 Å². The van der Waals surface area contributed by atoms with Gasteiger partial charge in [-0.25, -0.2) is 0 Å². The first kappa shape index (κ1) is 10.3. The van der Waals surface area contributed by atoms with Crippen LogP contribution in [0, 0.1) is 23.2 Å². The second-order valence-corrected chi connectivity index (χ2v) is 6.07. The maximum Gasteiger partial charge on any atom is 0.100 e. The summed E-state index contributed by atoms with van der Waals surface area (Å²) in [5.41, 5.74) is 0.801. The third-order valence-electron chi connectivity index (χ3n) is 4.06. The molecule has 1 N–H and O–H groups in total. The Bertz CT molecular complexity index is 418. The molecule has 3 atom stereocenters. The highest BCUT2D eigenvalue weighted by atomic mass is 32.1. The summed E-state index contributed by atoms with van der Waals surface area (Å²) in [5.74, 6) is 1.93. The molecule has 1 aromatic heterocycles. The molecule has 0 aliphatic heterocycles. The Morgan fingerprint density at radius 1 is 1.44 bits per heavy atom. The average molecular weight is 232 g/mol. The van der Waals surface area contributed by atoms with Crippen molar-refractivity contribution in [2.24, 2.45) is 11.8 Å². The lowest BCUT2D eigenvalue weighted by Crippen LogP contribution is -2.33. The molecule has 2 bridgehead atoms. The number of nitrogens with one attached hydrogen (secondary N) is 1. The number of nitriles is 1. The van der Waals surface area contributed by atoms with Crippen LogP contribution in [0.1, 0.15) is 36.1 Å². The van der Waals surface area contributed by atoms with E-state index in [9.17, 15) is 0 Å². The molecule has 1 heterocycles. The summed E-state index contributed by atoms with van der Waals surface area (Å²) in [6.07, 6.45) is 5.71. The van der Waals surface area contributed by atoms with Gasteiger partial charge in [-0.1, -0.05) is 6.42 Å². The lowest BCUT2D eigenvalue weighted by Gasteiger charge is -2.22. The van der Waals surface area contributed by atoms with E-state index < -0.39 is 0 Å². The molecule has 0 spiro atoms. The van der Waals surface area contributed by atoms with Gasteiger partial charge in [0.25, 0.3) is 0 Å². The van der Waals surface area contributed by atoms with Crippen molar-refractivity contribution in [3.05, 3.63) is 21.9 Å². The van der Waals surface area contributed by atoms with Crippen molar-refractivity contribution in [2.45, 2.75) is 38.3 Å². The zero-order valence-electron chi connectivity index (χ0n) is 9.28. The summed E-state index contributed by atoms with van der Waals surface area (Å²) >= 11 is 1.69. The number of hydrogen-bond donors (Lipinski definition) is 1. The standard InChI is InChI=1S/C13H16N2S/c14-6-10-4-12(16-8-10)7-15-13-5-9-1-2-11(13)3-9/h4,8-9,11,13,15H,1-3,5,7H2. The Labute approximate surface area is 100 Å². The minimum Gasteiger partial charge on any atom is -0.309 e. The van der Waals surface area contributed by atoms with Crippen LogP contribution in [0.2, 0.25) is 0 Å². The van der Waals surface area contributed by atoms with Crippen molar-refractivity contribution in [1.82, 2.24) is 5.32 Å². The molecule has 2 nitrogen and oxygen atoms in total. The molecule has 0 amide bonds. The third kappa shape index (κ3) is 1.88. The molecule has 0 saturated heterocycles. The second kappa shape index (κ2) is 4.20. The number of thiophene rings is 1. The van der Waals surface area contributed by atoms with E-state index in [2.05, 4.69) is 11.4 Å². The van der Waals surface area contributed by atoms with Crippen LogP contribution in [0.25, 0.3) is 0 Å². The smallest absolute Gasteiger partial charge is 0.100 e. The summed E-state index contributed by atoms with van der Waals surface area (Å²) in [7, 11) is 0. The fraction of sp³-hybridized carbons (Fsp3) is 0.615. The van der Waals surface area contributed by atoms with E-state index in [0.29, 0.717) is 0 Å². The zero-order chi connectivity index (χ0) is 11.0. The van der Waals surface area contributed by atoms with Gasteiger partial charge in [-0.2, -0.15) is 5.26 Å². The normalized spacial score (nSPS) is 31.8. The fourth-order valence-electron chi connectivity index (χ4n) is 3.26. The van der Waals surface area contributed by atoms with Crippen LogP contribution in [-0.2, 0) is 6.54 Å². The minimum absolute atomic E-state index is 0.742. The van der Waals surface area contributed by atoms with Gasteiger partial charge in [-0.3, -0.25) is 0 Å². The van der Waals surface area contributed by atoms with Gasteiger partial charge < -0.3 is 5.32 Å². The lowest BCUT2D eigenvalue weighted by molar-refractivity contribution is 0.351. The van der Waals surface area contributed by atoms with Crippen molar-refractivity contribution in [1.29, 1.82) is 5.26 Å². The summed E-state index contributed by atoms with van der Waals surface area (Å²) in [5, 5.41) is 14.4. The highest BCUT2D eigenvalue weighted by Crippen LogP contribution is 2.44. The first-order valence-electron chi connectivity index (χ1n) is 6.06. The molecule has 84 valence electrons. The summed E-state index contributed by atoms with van der Waals surface area (Å²) in [6, 6.07) is 4.93. The molecule has 2 aliphatic carbocycles. The van der Waals surface area contributed by atoms with Gasteiger partial charge in [0.1, 0.15) is 6.07 Å². The number of nitrogens with zero attached hydrogens (tertiary/aromatic N) is 1. The van der Waals surface area contributed by atoms with Crippen LogP contribution in [0.4, 0.5) is 0 Å². The van der Waals surface area contributed by atoms with Crippen molar-refractivity contribution < 1.29 is 0 Å². The maximum atomic E-state index is 8.75. The fourth-order valence-corrected chi connectivity index (χ4v) is 4.02. The molecular weight excluding hydrogens is 216 g/mol. The zero-order valence-corrected chi connectivity index (χ0v) is 10.1. The number of fused-ring (bicyclic) bond motifs is 2. The third-order valence-corrected chi connectivity index (χ3v) is 5.00. The Morgan fingerprint density at radius 2 is 2.38 bits per heavy atom. The molecular formula is C13H16N2S. The molecule has 3 rings (SSSR count). The summed E-state index contributed by atoms with van der Waals surface area (Å²) < 4.78 is 0. The average Bonchev–Trinajstić information content (AvgIpc) is 3.02. The van der Waals surface area contributed by atoms with Crippen LogP contribution in [0.3, 0.4) is 0 Å². The predicted molar refractivity (Wildman–Crippen MR) is 65.1 cm³/mol. The molecule has 2 fully saturated rings. The summed E-state index contributed by atoms with van der Waals surface area (Å²) in [4.78, 5) is 1.29. The summed E-state index contributed by atoms with van der Waals surface area (Å²) in [6.45, 7) is 0.945. The van der Waals surface area contributed by atoms with E-state index in [4.69, 9.17) is 5.26 Å². The van der Waals surface area contributed by atoms with Gasteiger partial charge in [-0.15, -0.1) is 11.3 Å². The highest BCUT2D eigenvalue weighted by Gasteiger charge is 2.38. The molecule has 0 aromatic carbocycles. The minimum atomic E-state index is 0.742. The first-order valence-corrected chi connectivity index (χ1v) is 6.94. The van der Waals surface area contributed by atoms with E-state index >= 15 is 0 Å². The Kier molecular flexibility index (Phi) is 2.70. The molecule has 3 unspecified atom stereocenters. The highest BCUT2D eigenvalue weighted by molar-refractivity contribution is 7.10. The quantitative estimate of drug-likeness (QED) is 0.869. The van der Waals surface area contributed by atoms with E-state index in [-0.39, 0.29) is 0 Å². The van der Waals surface area contributed by atoms with Crippen molar-refractivity contribution >= 4 is 11.3 Å². The predicted octanol–water partition coefficient (Wildman–Crippen LogP) is 2.90. The Hall–Kier alpha value is -0.850. The largest absolute Gasteiger partial charge is 0.309 e. The van der Waals surface area contributed by atoms with Crippen LogP contribution in [-0.4, -0.2) is 6.04 Å². The molecule has 16 heavy (non-hydrogen) atoms. The van der Waals surface area contributed by atoms with Crippen LogP contribution in [0.5, 0.6) is 0 Å². The van der Waals surface area contributed by atoms with E-state index in [1.807, 2.05) is 11.4 Å². The Balaban J connectivity index is 1.55. The molecule has 3 heteroatoms. The van der Waals surface area contributed by atoms with Gasteiger partial charge >= 0.3 is 0 Å². The lowest BCUT2D eigenvalue weighted by atomic mass is 9.95. The number of rotatable bonds is 3. The first-order chi connectivity index (χ1) is 7.85. The Morgan fingerprint density at radius 3 is 3.00 bits per heavy atom. The van der Waals surface area contributed by atoms with Gasteiger partial charge in [0.05, 0.1) is 5.56 Å². The maximum absolute atomic E-state index is 8.75. The van der Waals surface area contributed by atoms with Crippen molar-refractivity contribution in [2.75, 3.05) is 0 Å². The van der Waals surface area contributed by atoms with Crippen molar-refractivity contribution in [3.63, 3.8) is 0 Å². The van der Waals surface area contributed by atoms with Crippen LogP contribution < -0.4 is 5.32 Å². The molecule has 2 aliphatic rings. The number of hydrogen-bond acceptors (Lipinski definition) is 3.